The van der Waals surface area contributed by atoms with E-state index in [2.05, 4.69) is 34.2 Å². The summed E-state index contributed by atoms with van der Waals surface area (Å²) in [4.78, 5) is 29.2. The van der Waals surface area contributed by atoms with E-state index >= 15 is 0 Å². The molecule has 0 radical (unpaired) electrons. The number of halogens is 1. The summed E-state index contributed by atoms with van der Waals surface area (Å²) in [5.74, 6) is 2.18. The van der Waals surface area contributed by atoms with Crippen LogP contribution in [0.2, 0.25) is 5.82 Å². The number of amides is 1. The zero-order valence-corrected chi connectivity index (χ0v) is 34.6. The normalized spacial score (nSPS) is 23.3. The van der Waals surface area contributed by atoms with Crippen molar-refractivity contribution in [3.63, 3.8) is 0 Å². The summed E-state index contributed by atoms with van der Waals surface area (Å²) in [6, 6.07) is 12.1. The summed E-state index contributed by atoms with van der Waals surface area (Å²) in [6.07, 6.45) is 6.68. The predicted octanol–water partition coefficient (Wildman–Crippen LogP) is 7.19. The molecule has 2 aliphatic heterocycles. The van der Waals surface area contributed by atoms with Crippen molar-refractivity contribution in [2.24, 2.45) is 5.41 Å². The van der Waals surface area contributed by atoms with Crippen molar-refractivity contribution in [2.45, 2.75) is 122 Å². The van der Waals surface area contributed by atoms with E-state index in [-0.39, 0.29) is 33.1 Å². The molecule has 0 spiro atoms. The number of carbonyl (C=O) groups is 2. The van der Waals surface area contributed by atoms with E-state index in [0.29, 0.717) is 43.6 Å². The monoisotopic (exact) mass is 823 g/mol. The van der Waals surface area contributed by atoms with Crippen molar-refractivity contribution in [1.29, 1.82) is 5.41 Å². The van der Waals surface area contributed by atoms with Gasteiger partial charge in [0, 0.05) is 6.54 Å². The van der Waals surface area contributed by atoms with Gasteiger partial charge in [-0.2, -0.15) is 0 Å². The summed E-state index contributed by atoms with van der Waals surface area (Å²) >= 11 is 0.237. The quantitative estimate of drug-likeness (QED) is 0.117. The molecule has 12 nitrogen and oxygen atoms in total. The summed E-state index contributed by atoms with van der Waals surface area (Å²) in [6.45, 7) is 12.6. The fraction of sp³-hybridized carbons (Fsp3) is 0.537. The third-order valence-corrected chi connectivity index (χ3v) is 11.9. The summed E-state index contributed by atoms with van der Waals surface area (Å²) < 4.78 is 35.0. The van der Waals surface area contributed by atoms with Crippen LogP contribution in [-0.2, 0) is 27.3 Å². The number of hydrogen-bond acceptors (Lipinski definition) is 10. The Hall–Kier alpha value is -4.10. The van der Waals surface area contributed by atoms with Crippen LogP contribution in [0.4, 0.5) is 19.7 Å². The molecule has 1 saturated heterocycles. The maximum atomic E-state index is 14.6. The van der Waals surface area contributed by atoms with E-state index in [1.807, 2.05) is 77.0 Å². The molecule has 5 aliphatic rings. The average molecular weight is 823 g/mol. The minimum atomic E-state index is -1.11. The number of nitrogens with zero attached hydrogens (tertiary/aromatic N) is 3. The molecule has 296 valence electrons. The number of benzene rings is 2. The molecular formula is C41H54FN7O5Se. The second-order valence-electron chi connectivity index (χ2n) is 17.5. The number of ether oxygens (including phenoxy) is 3. The number of anilines is 1. The standard InChI is InChI=1S/C41H54FN7O5Se/c1-38(2,3)53-36(50)47(25-40-22-41(42,23-40)24-40)20-28-15-27-12-11-26(14-34(27)49(28)37(51)54-39(4,5)6)19-48-21-33(45-46-48)30-16-29(55-7)17-32(31(30)18-43)44-35-10-8-9-13-52-35/h11-12,14-18,21,35,43-46H,8-10,13,19-20,22-25H2,1-7H3. The molecule has 2 bridgehead atoms. The van der Waals surface area contributed by atoms with E-state index in [1.54, 1.807) is 9.47 Å². The van der Waals surface area contributed by atoms with Crippen molar-refractivity contribution >= 4 is 60.1 Å². The first-order chi connectivity index (χ1) is 25.9. The van der Waals surface area contributed by atoms with E-state index in [4.69, 9.17) is 19.6 Å². The van der Waals surface area contributed by atoms with Gasteiger partial charge >= 0.3 is 206 Å². The van der Waals surface area contributed by atoms with Gasteiger partial charge in [0.05, 0.1) is 6.54 Å². The molecule has 1 atom stereocenters. The van der Waals surface area contributed by atoms with Crippen LogP contribution in [0.3, 0.4) is 0 Å². The molecule has 3 aliphatic carbocycles. The molecule has 4 N–H and O–H groups in total. The molecule has 14 heteroatoms. The summed E-state index contributed by atoms with van der Waals surface area (Å²) in [7, 11) is 0. The van der Waals surface area contributed by atoms with E-state index in [1.165, 1.54) is 10.7 Å². The molecule has 55 heavy (non-hydrogen) atoms. The SMILES string of the molecule is C[Se]c1cc(NC2CCCCO2)c(C=N)c(C2=CN(Cc3ccc4cc(CN(CC56CC(F)(C5)C6)C(=O)OC(C)(C)C)n(C(=O)OC(C)(C)C)c4c3)NN2)c1. The van der Waals surface area contributed by atoms with Crippen molar-refractivity contribution in [3.8, 4) is 0 Å². The Morgan fingerprint density at radius 1 is 1.09 bits per heavy atom. The molecule has 8 rings (SSSR count). The number of alkyl halides is 1. The molecule has 3 aromatic rings. The van der Waals surface area contributed by atoms with Gasteiger partial charge in [-0.25, -0.2) is 14.0 Å². The van der Waals surface area contributed by atoms with Gasteiger partial charge in [0.25, 0.3) is 0 Å². The molecule has 4 fully saturated rings. The van der Waals surface area contributed by atoms with E-state index < -0.39 is 29.1 Å². The van der Waals surface area contributed by atoms with Gasteiger partial charge in [-0.3, -0.25) is 0 Å². The number of fused-ring (bicyclic) bond motifs is 1. The Morgan fingerprint density at radius 2 is 1.84 bits per heavy atom. The van der Waals surface area contributed by atoms with Crippen molar-refractivity contribution in [3.05, 3.63) is 65.0 Å². The molecule has 1 unspecified atom stereocenters. The number of rotatable bonds is 11. The van der Waals surface area contributed by atoms with E-state index in [0.717, 1.165) is 59.3 Å². The molecule has 1 amide bonds. The van der Waals surface area contributed by atoms with Gasteiger partial charge in [0.1, 0.15) is 16.9 Å². The average Bonchev–Trinajstić information content (AvgIpc) is 3.69. The van der Waals surface area contributed by atoms with E-state index in [9.17, 15) is 14.0 Å². The number of aromatic nitrogens is 1. The van der Waals surface area contributed by atoms with Gasteiger partial charge in [-0.05, 0) is 66.2 Å². The number of hydrazine groups is 2. The van der Waals surface area contributed by atoms with Gasteiger partial charge in [-0.15, -0.1) is 0 Å². The van der Waals surface area contributed by atoms with Crippen molar-refractivity contribution in [1.82, 2.24) is 25.4 Å². The van der Waals surface area contributed by atoms with Crippen LogP contribution in [-0.4, -0.2) is 84.1 Å². The van der Waals surface area contributed by atoms with Gasteiger partial charge < -0.3 is 14.4 Å². The fourth-order valence-corrected chi connectivity index (χ4v) is 9.21. The second kappa shape index (κ2) is 14.8. The van der Waals surface area contributed by atoms with Crippen molar-refractivity contribution < 1.29 is 28.2 Å². The van der Waals surface area contributed by atoms with Crippen LogP contribution in [0.25, 0.3) is 16.6 Å². The van der Waals surface area contributed by atoms with Crippen LogP contribution < -0.4 is 20.7 Å². The number of nitrogens with one attached hydrogen (secondary N) is 4. The van der Waals surface area contributed by atoms with Crippen LogP contribution in [0, 0.1) is 10.8 Å². The van der Waals surface area contributed by atoms with Gasteiger partial charge in [0.15, 0.2) is 0 Å². The predicted molar refractivity (Wildman–Crippen MR) is 213 cm³/mol. The molecule has 3 saturated carbocycles. The molecular weight excluding hydrogens is 768 g/mol. The maximum absolute atomic E-state index is 14.6. The molecule has 2 aromatic carbocycles. The first kappa shape index (κ1) is 39.1. The third kappa shape index (κ3) is 8.67. The third-order valence-electron chi connectivity index (χ3n) is 10.4. The Morgan fingerprint density at radius 3 is 2.47 bits per heavy atom. The van der Waals surface area contributed by atoms with Crippen LogP contribution in [0.1, 0.15) is 102 Å². The topological polar surface area (TPSA) is 133 Å². The number of carbonyl (C=O) groups excluding carboxylic acids is 2. The minimum absolute atomic E-state index is 0.0765. The second-order valence-corrected chi connectivity index (χ2v) is 19.4. The zero-order chi connectivity index (χ0) is 39.3. The van der Waals surface area contributed by atoms with Gasteiger partial charge in [-0.1, -0.05) is 0 Å². The van der Waals surface area contributed by atoms with Crippen LogP contribution in [0.5, 0.6) is 0 Å². The van der Waals surface area contributed by atoms with Crippen LogP contribution >= 0.6 is 0 Å². The van der Waals surface area contributed by atoms with Crippen molar-refractivity contribution in [2.75, 3.05) is 18.5 Å². The Bertz CT molecular complexity index is 1990. The van der Waals surface area contributed by atoms with Gasteiger partial charge in [0.2, 0.25) is 0 Å². The van der Waals surface area contributed by atoms with Crippen LogP contribution in [0.15, 0.2) is 42.6 Å². The fourth-order valence-electron chi connectivity index (χ4n) is 8.22. The summed E-state index contributed by atoms with van der Waals surface area (Å²) in [5, 5.41) is 14.6. The first-order valence-corrected chi connectivity index (χ1v) is 21.7. The Balaban J connectivity index is 1.17. The Kier molecular flexibility index (Phi) is 10.5. The zero-order valence-electron chi connectivity index (χ0n) is 32.9. The number of hydrogen-bond donors (Lipinski definition) is 4. The molecule has 1 aromatic heterocycles. The molecule has 3 heterocycles. The first-order valence-electron chi connectivity index (χ1n) is 19.1. The summed E-state index contributed by atoms with van der Waals surface area (Å²) in [5.41, 5.74) is 9.30. The Labute approximate surface area is 329 Å².